The monoisotopic (exact) mass is 456 g/mol. The van der Waals surface area contributed by atoms with Crippen LogP contribution in [0.5, 0.6) is 11.5 Å². The summed E-state index contributed by atoms with van der Waals surface area (Å²) in [4.78, 5) is 4.85. The number of benzene rings is 2. The van der Waals surface area contributed by atoms with Crippen LogP contribution in [0.25, 0.3) is 0 Å². The predicted molar refractivity (Wildman–Crippen MR) is 128 cm³/mol. The molecule has 2 aromatic rings. The number of para-hydroxylation sites is 1. The van der Waals surface area contributed by atoms with Gasteiger partial charge in [-0.3, -0.25) is 9.80 Å². The molecule has 6 heteroatoms. The number of halogens is 1. The van der Waals surface area contributed by atoms with Gasteiger partial charge in [-0.25, -0.2) is 4.39 Å². The number of nitrogens with zero attached hydrogens (tertiary/aromatic N) is 2. The molecule has 2 aromatic carbocycles. The zero-order valence-corrected chi connectivity index (χ0v) is 19.6. The average Bonchev–Trinajstić information content (AvgIpc) is 3.02. The molecule has 0 saturated carbocycles. The van der Waals surface area contributed by atoms with Crippen LogP contribution in [0.4, 0.5) is 4.39 Å². The van der Waals surface area contributed by atoms with Crippen LogP contribution in [0.3, 0.4) is 0 Å². The molecule has 0 amide bonds. The fourth-order valence-corrected chi connectivity index (χ4v) is 4.74. The van der Waals surface area contributed by atoms with E-state index in [0.29, 0.717) is 12.8 Å². The summed E-state index contributed by atoms with van der Waals surface area (Å²) in [7, 11) is 0. The van der Waals surface area contributed by atoms with Crippen molar-refractivity contribution in [2.75, 3.05) is 45.9 Å². The topological polar surface area (TPSA) is 45.2 Å². The molecule has 4 rings (SSSR count). The Morgan fingerprint density at radius 1 is 0.818 bits per heavy atom. The van der Waals surface area contributed by atoms with Gasteiger partial charge >= 0.3 is 0 Å². The van der Waals surface area contributed by atoms with Crippen LogP contribution in [0.15, 0.2) is 48.5 Å². The van der Waals surface area contributed by atoms with Gasteiger partial charge in [-0.2, -0.15) is 0 Å². The van der Waals surface area contributed by atoms with Crippen molar-refractivity contribution in [3.05, 3.63) is 59.9 Å². The van der Waals surface area contributed by atoms with Gasteiger partial charge in [-0.15, -0.1) is 0 Å². The molecule has 33 heavy (non-hydrogen) atoms. The Bertz CT molecular complexity index is 857. The summed E-state index contributed by atoms with van der Waals surface area (Å²) in [6.07, 6.45) is 6.12. The van der Waals surface area contributed by atoms with E-state index in [0.717, 1.165) is 45.0 Å². The van der Waals surface area contributed by atoms with Crippen molar-refractivity contribution < 1.29 is 19.0 Å². The van der Waals surface area contributed by atoms with Crippen LogP contribution in [-0.4, -0.2) is 66.4 Å². The van der Waals surface area contributed by atoms with E-state index in [1.165, 1.54) is 44.0 Å². The van der Waals surface area contributed by atoms with Gasteiger partial charge in [0.05, 0.1) is 5.60 Å². The maximum absolute atomic E-state index is 13.8. The lowest BCUT2D eigenvalue weighted by Crippen LogP contribution is -2.37. The third kappa shape index (κ3) is 7.42. The second-order valence-corrected chi connectivity index (χ2v) is 9.47. The SMILES string of the molecule is OC1(COc2ccccc2F)CCCN(Cc2ccc(OCCN3CCCCC3)cc2)CC1. The van der Waals surface area contributed by atoms with Crippen molar-refractivity contribution in [3.63, 3.8) is 0 Å². The molecule has 1 N–H and O–H groups in total. The van der Waals surface area contributed by atoms with Gasteiger partial charge in [-0.1, -0.05) is 30.7 Å². The highest BCUT2D eigenvalue weighted by molar-refractivity contribution is 5.27. The normalized spacial score (nSPS) is 22.6. The summed E-state index contributed by atoms with van der Waals surface area (Å²) in [5.74, 6) is 0.729. The van der Waals surface area contributed by atoms with Crippen molar-refractivity contribution in [2.45, 2.75) is 50.7 Å². The third-order valence-corrected chi connectivity index (χ3v) is 6.80. The van der Waals surface area contributed by atoms with E-state index in [1.807, 2.05) is 0 Å². The van der Waals surface area contributed by atoms with Gasteiger partial charge in [-0.05, 0) is 81.6 Å². The van der Waals surface area contributed by atoms with Gasteiger partial charge < -0.3 is 14.6 Å². The average molecular weight is 457 g/mol. The number of hydrogen-bond donors (Lipinski definition) is 1. The molecule has 2 aliphatic heterocycles. The molecule has 1 unspecified atom stereocenters. The van der Waals surface area contributed by atoms with Gasteiger partial charge in [0.1, 0.15) is 19.0 Å². The van der Waals surface area contributed by atoms with E-state index < -0.39 is 11.4 Å². The van der Waals surface area contributed by atoms with Gasteiger partial charge in [0.25, 0.3) is 0 Å². The van der Waals surface area contributed by atoms with Crippen LogP contribution in [0.1, 0.15) is 44.1 Å². The Morgan fingerprint density at radius 2 is 1.58 bits per heavy atom. The van der Waals surface area contributed by atoms with Crippen LogP contribution >= 0.6 is 0 Å². The van der Waals surface area contributed by atoms with Crippen molar-refractivity contribution in [1.29, 1.82) is 0 Å². The van der Waals surface area contributed by atoms with Crippen molar-refractivity contribution >= 4 is 0 Å². The minimum Gasteiger partial charge on any atom is -0.492 e. The third-order valence-electron chi connectivity index (χ3n) is 6.80. The molecule has 2 heterocycles. The molecular formula is C27H37FN2O3. The fourth-order valence-electron chi connectivity index (χ4n) is 4.74. The second kappa shape index (κ2) is 11.8. The van der Waals surface area contributed by atoms with Gasteiger partial charge in [0.15, 0.2) is 11.6 Å². The number of aliphatic hydroxyl groups is 1. The van der Waals surface area contributed by atoms with E-state index in [4.69, 9.17) is 9.47 Å². The Balaban J connectivity index is 1.20. The number of rotatable bonds is 9. The Morgan fingerprint density at radius 3 is 2.36 bits per heavy atom. The summed E-state index contributed by atoms with van der Waals surface area (Å²) >= 11 is 0. The zero-order chi connectivity index (χ0) is 22.9. The molecule has 2 aliphatic rings. The highest BCUT2D eigenvalue weighted by Crippen LogP contribution is 2.26. The highest BCUT2D eigenvalue weighted by Gasteiger charge is 2.31. The molecule has 1 atom stereocenters. The molecule has 2 saturated heterocycles. The first-order valence-electron chi connectivity index (χ1n) is 12.4. The smallest absolute Gasteiger partial charge is 0.165 e. The largest absolute Gasteiger partial charge is 0.492 e. The van der Waals surface area contributed by atoms with E-state index >= 15 is 0 Å². The number of likely N-dealkylation sites (tertiary alicyclic amines) is 2. The van der Waals surface area contributed by atoms with Gasteiger partial charge in [0, 0.05) is 19.6 Å². The first-order valence-corrected chi connectivity index (χ1v) is 12.4. The van der Waals surface area contributed by atoms with Crippen LogP contribution < -0.4 is 9.47 Å². The number of hydrogen-bond acceptors (Lipinski definition) is 5. The molecule has 0 aromatic heterocycles. The van der Waals surface area contributed by atoms with E-state index in [9.17, 15) is 9.50 Å². The Labute approximate surface area is 197 Å². The van der Waals surface area contributed by atoms with Crippen LogP contribution in [0.2, 0.25) is 0 Å². The summed E-state index contributed by atoms with van der Waals surface area (Å²) in [5, 5.41) is 11.0. The van der Waals surface area contributed by atoms with E-state index in [1.54, 1.807) is 18.2 Å². The molecule has 0 spiro atoms. The first-order chi connectivity index (χ1) is 16.1. The lowest BCUT2D eigenvalue weighted by Gasteiger charge is -2.27. The maximum atomic E-state index is 13.8. The van der Waals surface area contributed by atoms with Crippen LogP contribution in [0, 0.1) is 5.82 Å². The molecule has 0 aliphatic carbocycles. The summed E-state index contributed by atoms with van der Waals surface area (Å²) < 4.78 is 25.4. The molecule has 2 fully saturated rings. The van der Waals surface area contributed by atoms with Gasteiger partial charge in [0.2, 0.25) is 0 Å². The first kappa shape index (κ1) is 24.0. The van der Waals surface area contributed by atoms with E-state index in [2.05, 4.69) is 34.1 Å². The lowest BCUT2D eigenvalue weighted by atomic mass is 9.96. The summed E-state index contributed by atoms with van der Waals surface area (Å²) in [5.41, 5.74) is 0.315. The quantitative estimate of drug-likeness (QED) is 0.603. The zero-order valence-electron chi connectivity index (χ0n) is 19.6. The van der Waals surface area contributed by atoms with E-state index in [-0.39, 0.29) is 12.4 Å². The van der Waals surface area contributed by atoms with Crippen molar-refractivity contribution in [3.8, 4) is 11.5 Å². The highest BCUT2D eigenvalue weighted by atomic mass is 19.1. The molecule has 0 bridgehead atoms. The molecule has 0 radical (unpaired) electrons. The molecule has 5 nitrogen and oxygen atoms in total. The predicted octanol–water partition coefficient (Wildman–Crippen LogP) is 4.49. The van der Waals surface area contributed by atoms with Crippen LogP contribution in [-0.2, 0) is 6.54 Å². The summed E-state index contributed by atoms with van der Waals surface area (Å²) in [6, 6.07) is 14.7. The standard InChI is InChI=1S/C27H37FN2O3/c28-25-7-2-3-8-26(25)33-22-27(31)13-6-17-30(18-14-27)21-23-9-11-24(12-10-23)32-20-19-29-15-4-1-5-16-29/h2-3,7-12,31H,1,4-6,13-22H2. The Hall–Kier alpha value is -2.15. The minimum absolute atomic E-state index is 0.116. The Kier molecular flexibility index (Phi) is 8.59. The molecule has 180 valence electrons. The maximum Gasteiger partial charge on any atom is 0.165 e. The molecular weight excluding hydrogens is 419 g/mol. The lowest BCUT2D eigenvalue weighted by molar-refractivity contribution is -0.0177. The van der Waals surface area contributed by atoms with Crippen molar-refractivity contribution in [1.82, 2.24) is 9.80 Å². The summed E-state index contributed by atoms with van der Waals surface area (Å²) in [6.45, 7) is 6.80. The fraction of sp³-hybridized carbons (Fsp3) is 0.556. The number of ether oxygens (including phenoxy) is 2. The van der Waals surface area contributed by atoms with Crippen molar-refractivity contribution in [2.24, 2.45) is 0 Å². The second-order valence-electron chi connectivity index (χ2n) is 9.47. The number of piperidine rings is 1. The minimum atomic E-state index is -0.927.